The Hall–Kier alpha value is -1.49. The summed E-state index contributed by atoms with van der Waals surface area (Å²) >= 11 is 0. The molecular weight excluding hydrogens is 286 g/mol. The minimum atomic E-state index is -3.71. The average molecular weight is 303 g/mol. The molecule has 112 valence electrons. The number of hydrogen-bond acceptors (Lipinski definition) is 6. The molecule has 0 aliphatic carbocycles. The van der Waals surface area contributed by atoms with E-state index < -0.39 is 16.0 Å². The number of hydrazine groups is 1. The van der Waals surface area contributed by atoms with E-state index in [0.717, 1.165) is 24.0 Å². The van der Waals surface area contributed by atoms with Crippen LogP contribution in [0, 0.1) is 0 Å². The zero-order valence-corrected chi connectivity index (χ0v) is 11.9. The van der Waals surface area contributed by atoms with Gasteiger partial charge in [0.1, 0.15) is 11.4 Å². The monoisotopic (exact) mass is 303 g/mol. The Morgan fingerprint density at radius 3 is 2.65 bits per heavy atom. The molecule has 1 fully saturated rings. The fourth-order valence-corrected chi connectivity index (χ4v) is 2.90. The molecular formula is C10H17N5O4S. The number of aromatic nitrogens is 2. The van der Waals surface area contributed by atoms with Crippen LogP contribution in [0.2, 0.25) is 0 Å². The number of sulfonamides is 1. The van der Waals surface area contributed by atoms with Crippen LogP contribution >= 0.6 is 0 Å². The fourth-order valence-electron chi connectivity index (χ4n) is 1.83. The third-order valence-electron chi connectivity index (χ3n) is 2.97. The predicted molar refractivity (Wildman–Crippen MR) is 69.3 cm³/mol. The summed E-state index contributed by atoms with van der Waals surface area (Å²) in [5.41, 5.74) is 0. The van der Waals surface area contributed by atoms with E-state index in [1.54, 1.807) is 5.01 Å². The molecule has 1 saturated heterocycles. The first kappa shape index (κ1) is 14.9. The van der Waals surface area contributed by atoms with E-state index in [1.165, 1.54) is 6.20 Å². The van der Waals surface area contributed by atoms with Gasteiger partial charge < -0.3 is 10.0 Å². The number of likely N-dealkylation sites (N-methyl/N-ethyl adjacent to an activating group) is 1. The van der Waals surface area contributed by atoms with Crippen molar-refractivity contribution in [2.24, 2.45) is 0 Å². The lowest BCUT2D eigenvalue weighted by atomic mass is 10.4. The number of nitrogens with zero attached hydrogens (tertiary/aromatic N) is 4. The standard InChI is InChI=1S/C10H17N5O4S/c1-13-2-4-14(5-3-13)12-20(18,19)9-6-11-15(7-9)8-10(16)17/h6-7,12H,2-5,8H2,1H3,(H,16,17). The maximum atomic E-state index is 12.1. The molecule has 0 radical (unpaired) electrons. The second kappa shape index (κ2) is 5.87. The highest BCUT2D eigenvalue weighted by Gasteiger charge is 2.22. The number of carbonyl (C=O) groups is 1. The van der Waals surface area contributed by atoms with Crippen molar-refractivity contribution in [3.63, 3.8) is 0 Å². The summed E-state index contributed by atoms with van der Waals surface area (Å²) in [7, 11) is -1.74. The van der Waals surface area contributed by atoms with E-state index in [1.807, 2.05) is 7.05 Å². The van der Waals surface area contributed by atoms with Crippen LogP contribution in [0.1, 0.15) is 0 Å². The van der Waals surface area contributed by atoms with Gasteiger partial charge in [0.15, 0.2) is 0 Å². The second-order valence-electron chi connectivity index (χ2n) is 4.65. The highest BCUT2D eigenvalue weighted by molar-refractivity contribution is 7.89. The number of carboxylic acid groups (broad SMARTS) is 1. The van der Waals surface area contributed by atoms with Crippen LogP contribution < -0.4 is 4.83 Å². The van der Waals surface area contributed by atoms with Crippen molar-refractivity contribution in [3.8, 4) is 0 Å². The van der Waals surface area contributed by atoms with E-state index in [-0.39, 0.29) is 11.4 Å². The fraction of sp³-hybridized carbons (Fsp3) is 0.600. The van der Waals surface area contributed by atoms with Gasteiger partial charge in [-0.05, 0) is 7.05 Å². The van der Waals surface area contributed by atoms with Gasteiger partial charge in [0, 0.05) is 32.4 Å². The molecule has 1 aromatic rings. The van der Waals surface area contributed by atoms with Crippen LogP contribution in [0.3, 0.4) is 0 Å². The van der Waals surface area contributed by atoms with Gasteiger partial charge in [0.2, 0.25) is 0 Å². The molecule has 20 heavy (non-hydrogen) atoms. The molecule has 0 aromatic carbocycles. The molecule has 0 bridgehead atoms. The van der Waals surface area contributed by atoms with Crippen molar-refractivity contribution in [3.05, 3.63) is 12.4 Å². The SMILES string of the molecule is CN1CCN(NS(=O)(=O)c2cnn(CC(=O)O)c2)CC1. The molecule has 0 atom stereocenters. The van der Waals surface area contributed by atoms with E-state index in [0.29, 0.717) is 13.1 Å². The molecule has 0 saturated carbocycles. The topological polar surface area (TPSA) is 108 Å². The number of hydrogen-bond donors (Lipinski definition) is 2. The predicted octanol–water partition coefficient (Wildman–Crippen LogP) is -1.59. The van der Waals surface area contributed by atoms with Crippen molar-refractivity contribution in [2.75, 3.05) is 33.2 Å². The molecule has 0 spiro atoms. The van der Waals surface area contributed by atoms with Gasteiger partial charge in [-0.1, -0.05) is 0 Å². The number of piperazine rings is 1. The molecule has 0 unspecified atom stereocenters. The summed E-state index contributed by atoms with van der Waals surface area (Å²) in [6.45, 7) is 2.38. The summed E-state index contributed by atoms with van der Waals surface area (Å²) in [6.07, 6.45) is 2.34. The van der Waals surface area contributed by atoms with Gasteiger partial charge in [0.05, 0.1) is 6.20 Å². The van der Waals surface area contributed by atoms with Crippen LogP contribution in [0.5, 0.6) is 0 Å². The third kappa shape index (κ3) is 3.76. The largest absolute Gasteiger partial charge is 0.480 e. The quantitative estimate of drug-likeness (QED) is 0.675. The molecule has 1 aromatic heterocycles. The van der Waals surface area contributed by atoms with Crippen molar-refractivity contribution in [2.45, 2.75) is 11.4 Å². The normalized spacial score (nSPS) is 18.2. The lowest BCUT2D eigenvalue weighted by Gasteiger charge is -2.31. The van der Waals surface area contributed by atoms with E-state index in [4.69, 9.17) is 5.11 Å². The molecule has 10 heteroatoms. The van der Waals surface area contributed by atoms with Crippen LogP contribution in [0.4, 0.5) is 0 Å². The summed E-state index contributed by atoms with van der Waals surface area (Å²) in [5, 5.41) is 14.0. The summed E-state index contributed by atoms with van der Waals surface area (Å²) in [4.78, 5) is 15.1. The summed E-state index contributed by atoms with van der Waals surface area (Å²) in [5.74, 6) is -1.08. The Morgan fingerprint density at radius 1 is 1.40 bits per heavy atom. The lowest BCUT2D eigenvalue weighted by molar-refractivity contribution is -0.137. The minimum Gasteiger partial charge on any atom is -0.480 e. The highest BCUT2D eigenvalue weighted by Crippen LogP contribution is 2.08. The Bertz CT molecular complexity index is 576. The first-order valence-corrected chi connectivity index (χ1v) is 7.55. The molecule has 2 heterocycles. The van der Waals surface area contributed by atoms with Crippen LogP contribution in [0.25, 0.3) is 0 Å². The van der Waals surface area contributed by atoms with Crippen LogP contribution in [-0.2, 0) is 21.4 Å². The molecule has 9 nitrogen and oxygen atoms in total. The Balaban J connectivity index is 2.02. The van der Waals surface area contributed by atoms with Crippen molar-refractivity contribution < 1.29 is 18.3 Å². The first-order chi connectivity index (χ1) is 9.37. The van der Waals surface area contributed by atoms with Gasteiger partial charge >= 0.3 is 5.97 Å². The molecule has 1 aliphatic heterocycles. The highest BCUT2D eigenvalue weighted by atomic mass is 32.2. The average Bonchev–Trinajstić information content (AvgIpc) is 2.80. The van der Waals surface area contributed by atoms with Gasteiger partial charge in [-0.25, -0.2) is 13.4 Å². The first-order valence-electron chi connectivity index (χ1n) is 6.07. The maximum Gasteiger partial charge on any atom is 0.325 e. The maximum absolute atomic E-state index is 12.1. The van der Waals surface area contributed by atoms with Crippen LogP contribution in [0.15, 0.2) is 17.3 Å². The van der Waals surface area contributed by atoms with Crippen molar-refractivity contribution in [1.29, 1.82) is 0 Å². The molecule has 1 aliphatic rings. The van der Waals surface area contributed by atoms with Gasteiger partial charge in [0.25, 0.3) is 10.0 Å². The second-order valence-corrected chi connectivity index (χ2v) is 6.31. The number of carboxylic acids is 1. The van der Waals surface area contributed by atoms with Gasteiger partial charge in [-0.2, -0.15) is 5.10 Å². The zero-order valence-electron chi connectivity index (χ0n) is 11.1. The Kier molecular flexibility index (Phi) is 4.38. The van der Waals surface area contributed by atoms with Crippen molar-refractivity contribution >= 4 is 16.0 Å². The van der Waals surface area contributed by atoms with Gasteiger partial charge in [-0.3, -0.25) is 9.48 Å². The van der Waals surface area contributed by atoms with E-state index in [9.17, 15) is 13.2 Å². The Labute approximate surface area is 116 Å². The number of rotatable bonds is 5. The van der Waals surface area contributed by atoms with Gasteiger partial charge in [-0.15, -0.1) is 4.83 Å². The minimum absolute atomic E-state index is 0.0438. The number of nitrogens with one attached hydrogen (secondary N) is 1. The third-order valence-corrected chi connectivity index (χ3v) is 4.30. The molecule has 2 N–H and O–H groups in total. The van der Waals surface area contributed by atoms with E-state index >= 15 is 0 Å². The zero-order chi connectivity index (χ0) is 14.8. The van der Waals surface area contributed by atoms with E-state index in [2.05, 4.69) is 14.8 Å². The molecule has 0 amide bonds. The molecule has 2 rings (SSSR count). The number of aliphatic carboxylic acids is 1. The van der Waals surface area contributed by atoms with Crippen molar-refractivity contribution in [1.82, 2.24) is 24.5 Å². The van der Waals surface area contributed by atoms with Crippen LogP contribution in [-0.4, -0.2) is 72.4 Å². The Morgan fingerprint density at radius 2 is 2.05 bits per heavy atom. The summed E-state index contributed by atoms with van der Waals surface area (Å²) < 4.78 is 25.3. The lowest BCUT2D eigenvalue weighted by Crippen LogP contribution is -2.52. The smallest absolute Gasteiger partial charge is 0.325 e. The summed E-state index contributed by atoms with van der Waals surface area (Å²) in [6, 6.07) is 0.